The van der Waals surface area contributed by atoms with E-state index < -0.39 is 17.6 Å². The minimum absolute atomic E-state index is 0.0796. The van der Waals surface area contributed by atoms with Crippen molar-refractivity contribution in [3.05, 3.63) is 112 Å². The largest absolute Gasteiger partial charge is 0.493 e. The Hall–Kier alpha value is -4.61. The maximum Gasteiger partial charge on any atom is 0.416 e. The number of methoxy groups -OCH3 is 1. The molecule has 0 radical (unpaired) electrons. The number of nitrogens with one attached hydrogen (secondary N) is 2. The number of thiazole rings is 1. The van der Waals surface area contributed by atoms with Gasteiger partial charge in [0.25, 0.3) is 0 Å². The third kappa shape index (κ3) is 7.82. The summed E-state index contributed by atoms with van der Waals surface area (Å²) in [5.74, 6) is 0.362. The smallest absolute Gasteiger partial charge is 0.416 e. The zero-order chi connectivity index (χ0) is 30.4. The fourth-order valence-electron chi connectivity index (χ4n) is 4.16. The lowest BCUT2D eigenvalue weighted by molar-refractivity contribution is -0.137. The molecule has 0 aliphatic rings. The van der Waals surface area contributed by atoms with Crippen molar-refractivity contribution >= 4 is 56.7 Å². The number of hydrogen-bond acceptors (Lipinski definition) is 7. The second-order valence-electron chi connectivity index (χ2n) is 9.32. The Morgan fingerprint density at radius 1 is 1.05 bits per heavy atom. The highest BCUT2D eigenvalue weighted by molar-refractivity contribution is 7.13. The minimum atomic E-state index is -4.45. The van der Waals surface area contributed by atoms with Gasteiger partial charge in [0.05, 0.1) is 36.0 Å². The van der Waals surface area contributed by atoms with E-state index in [1.165, 1.54) is 36.8 Å². The zero-order valence-corrected chi connectivity index (χ0v) is 24.2. The van der Waals surface area contributed by atoms with E-state index in [0.717, 1.165) is 28.5 Å². The minimum Gasteiger partial charge on any atom is -0.493 e. The van der Waals surface area contributed by atoms with Crippen LogP contribution in [0.2, 0.25) is 5.02 Å². The van der Waals surface area contributed by atoms with E-state index in [9.17, 15) is 18.0 Å². The van der Waals surface area contributed by atoms with Crippen LogP contribution in [0.4, 0.5) is 24.0 Å². The number of anilines is 2. The zero-order valence-electron chi connectivity index (χ0n) is 22.6. The summed E-state index contributed by atoms with van der Waals surface area (Å²) in [6, 6.07) is 22.2. The third-order valence-corrected chi connectivity index (χ3v) is 7.27. The maximum absolute atomic E-state index is 13.0. The topological polar surface area (TPSA) is 84.8 Å². The van der Waals surface area contributed by atoms with Crippen LogP contribution in [0.15, 0.2) is 89.3 Å². The number of alkyl halides is 3. The van der Waals surface area contributed by atoms with Gasteiger partial charge >= 0.3 is 6.18 Å². The molecule has 0 saturated heterocycles. The van der Waals surface area contributed by atoms with Gasteiger partial charge in [-0.1, -0.05) is 54.1 Å². The highest BCUT2D eigenvalue weighted by atomic mass is 35.5. The first kappa shape index (κ1) is 29.9. The molecule has 1 aromatic heterocycles. The molecule has 0 saturated carbocycles. The summed E-state index contributed by atoms with van der Waals surface area (Å²) in [5, 5.41) is 11.4. The van der Waals surface area contributed by atoms with E-state index in [2.05, 4.69) is 26.9 Å². The van der Waals surface area contributed by atoms with Crippen molar-refractivity contribution in [2.45, 2.75) is 19.2 Å². The van der Waals surface area contributed by atoms with Gasteiger partial charge in [0, 0.05) is 11.1 Å². The summed E-state index contributed by atoms with van der Waals surface area (Å²) in [6.45, 7) is 0.290. The summed E-state index contributed by atoms with van der Waals surface area (Å²) in [5.41, 5.74) is 3.88. The normalized spacial score (nSPS) is 11.6. The van der Waals surface area contributed by atoms with Gasteiger partial charge in [0.15, 0.2) is 16.6 Å². The molecule has 0 unspecified atom stereocenters. The fraction of sp³-hybridized carbons (Fsp3) is 0.129. The number of aromatic nitrogens is 1. The Morgan fingerprint density at radius 3 is 2.65 bits per heavy atom. The van der Waals surface area contributed by atoms with Crippen LogP contribution < -0.4 is 20.2 Å². The van der Waals surface area contributed by atoms with E-state index >= 15 is 0 Å². The second-order valence-corrected chi connectivity index (χ2v) is 10.6. The van der Waals surface area contributed by atoms with Crippen LogP contribution in [0.25, 0.3) is 10.8 Å². The Labute approximate surface area is 253 Å². The standard InChI is InChI=1S/C31H24ClF3N4O3S/c1-41-27-13-20(12-26(32)29(27)42-17-19-9-10-21-5-2-3-6-22(21)11-19)16-36-39-28(40)15-25-18-43-30(38-25)37-24-8-4-7-23(14-24)31(33,34)35/h2-14,16,18H,15,17H2,1H3,(H,37,38)(H,39,40)/b36-16-. The number of hydrogen-bond donors (Lipinski definition) is 2. The Bertz CT molecular complexity index is 1790. The number of halogens is 4. The van der Waals surface area contributed by atoms with E-state index in [0.29, 0.717) is 32.9 Å². The number of benzene rings is 4. The SMILES string of the molecule is COc1cc(/C=N\NC(=O)Cc2csc(Nc3cccc(C(F)(F)F)c3)n2)cc(Cl)c1OCc1ccc2ccccc2c1. The van der Waals surface area contributed by atoms with Crippen molar-refractivity contribution in [1.29, 1.82) is 0 Å². The number of ether oxygens (including phenoxy) is 2. The van der Waals surface area contributed by atoms with Gasteiger partial charge in [0.2, 0.25) is 5.91 Å². The Kier molecular flexibility index (Phi) is 9.13. The van der Waals surface area contributed by atoms with Crippen LogP contribution in [0.1, 0.15) is 22.4 Å². The van der Waals surface area contributed by atoms with Gasteiger partial charge in [-0.15, -0.1) is 11.3 Å². The molecule has 220 valence electrons. The lowest BCUT2D eigenvalue weighted by Gasteiger charge is -2.13. The van der Waals surface area contributed by atoms with Crippen LogP contribution in [0.3, 0.4) is 0 Å². The van der Waals surface area contributed by atoms with Crippen LogP contribution in [-0.2, 0) is 24.0 Å². The summed E-state index contributed by atoms with van der Waals surface area (Å²) in [6.07, 6.45) is -3.11. The van der Waals surface area contributed by atoms with Crippen molar-refractivity contribution in [3.63, 3.8) is 0 Å². The van der Waals surface area contributed by atoms with Crippen molar-refractivity contribution in [2.24, 2.45) is 5.10 Å². The first-order valence-electron chi connectivity index (χ1n) is 12.9. The van der Waals surface area contributed by atoms with Gasteiger partial charge < -0.3 is 14.8 Å². The van der Waals surface area contributed by atoms with Crippen LogP contribution >= 0.6 is 22.9 Å². The summed E-state index contributed by atoms with van der Waals surface area (Å²) < 4.78 is 50.3. The van der Waals surface area contributed by atoms with Crippen LogP contribution in [0.5, 0.6) is 11.5 Å². The fourth-order valence-corrected chi connectivity index (χ4v) is 5.17. The number of nitrogens with zero attached hydrogens (tertiary/aromatic N) is 2. The molecule has 4 aromatic carbocycles. The summed E-state index contributed by atoms with van der Waals surface area (Å²) in [4.78, 5) is 16.7. The molecule has 0 spiro atoms. The van der Waals surface area contributed by atoms with E-state index in [1.807, 2.05) is 36.4 Å². The molecule has 0 aliphatic heterocycles. The number of rotatable bonds is 10. The lowest BCUT2D eigenvalue weighted by Crippen LogP contribution is -2.19. The molecule has 0 atom stereocenters. The Balaban J connectivity index is 1.16. The van der Waals surface area contributed by atoms with Crippen molar-refractivity contribution < 1.29 is 27.4 Å². The number of amides is 1. The highest BCUT2D eigenvalue weighted by Gasteiger charge is 2.30. The maximum atomic E-state index is 13.0. The second kappa shape index (κ2) is 13.1. The average molecular weight is 625 g/mol. The quantitative estimate of drug-likeness (QED) is 0.122. The van der Waals surface area contributed by atoms with E-state index in [-0.39, 0.29) is 18.7 Å². The Morgan fingerprint density at radius 2 is 1.86 bits per heavy atom. The first-order valence-corrected chi connectivity index (χ1v) is 14.1. The molecule has 2 N–H and O–H groups in total. The lowest BCUT2D eigenvalue weighted by atomic mass is 10.1. The van der Waals surface area contributed by atoms with Crippen LogP contribution in [-0.4, -0.2) is 24.2 Å². The molecule has 7 nitrogen and oxygen atoms in total. The predicted molar refractivity (Wildman–Crippen MR) is 163 cm³/mol. The molecule has 5 rings (SSSR count). The number of hydrazone groups is 1. The molecular weight excluding hydrogens is 601 g/mol. The molecule has 43 heavy (non-hydrogen) atoms. The molecular formula is C31H24ClF3N4O3S. The van der Waals surface area contributed by atoms with Gasteiger partial charge in [-0.2, -0.15) is 18.3 Å². The molecule has 1 amide bonds. The van der Waals surface area contributed by atoms with Gasteiger partial charge in [-0.25, -0.2) is 10.4 Å². The molecule has 0 aliphatic carbocycles. The number of carbonyl (C=O) groups excluding carboxylic acids is 1. The van der Waals surface area contributed by atoms with Crippen LogP contribution in [0, 0.1) is 0 Å². The molecule has 5 aromatic rings. The summed E-state index contributed by atoms with van der Waals surface area (Å²) >= 11 is 7.66. The van der Waals surface area contributed by atoms with Crippen molar-refractivity contribution in [1.82, 2.24) is 10.4 Å². The summed E-state index contributed by atoms with van der Waals surface area (Å²) in [7, 11) is 1.50. The predicted octanol–water partition coefficient (Wildman–Crippen LogP) is 7.99. The van der Waals surface area contributed by atoms with Gasteiger partial charge in [0.1, 0.15) is 6.61 Å². The first-order chi connectivity index (χ1) is 20.7. The average Bonchev–Trinajstić information content (AvgIpc) is 3.42. The van der Waals surface area contributed by atoms with Gasteiger partial charge in [-0.05, 0) is 58.3 Å². The van der Waals surface area contributed by atoms with E-state index in [4.69, 9.17) is 21.1 Å². The third-order valence-electron chi connectivity index (χ3n) is 6.19. The number of fused-ring (bicyclic) bond motifs is 1. The van der Waals surface area contributed by atoms with E-state index in [1.54, 1.807) is 17.5 Å². The highest BCUT2D eigenvalue weighted by Crippen LogP contribution is 2.37. The number of carbonyl (C=O) groups is 1. The monoisotopic (exact) mass is 624 g/mol. The molecule has 0 fully saturated rings. The van der Waals surface area contributed by atoms with Crippen molar-refractivity contribution in [3.8, 4) is 11.5 Å². The molecule has 12 heteroatoms. The molecule has 1 heterocycles. The van der Waals surface area contributed by atoms with Gasteiger partial charge in [-0.3, -0.25) is 4.79 Å². The van der Waals surface area contributed by atoms with Crippen molar-refractivity contribution in [2.75, 3.05) is 12.4 Å². The molecule has 0 bridgehead atoms.